The second-order valence-corrected chi connectivity index (χ2v) is 4.88. The van der Waals surface area contributed by atoms with E-state index in [1.54, 1.807) is 7.11 Å². The average Bonchev–Trinajstić information content (AvgIpc) is 2.54. The molecule has 1 aromatic rings. The van der Waals surface area contributed by atoms with Gasteiger partial charge in [0.15, 0.2) is 0 Å². The Kier molecular flexibility index (Phi) is 4.08. The normalized spacial score (nSPS) is 20.6. The fourth-order valence-corrected chi connectivity index (χ4v) is 2.45. The van der Waals surface area contributed by atoms with Gasteiger partial charge in [-0.1, -0.05) is 24.1 Å². The van der Waals surface area contributed by atoms with E-state index in [9.17, 15) is 0 Å². The third-order valence-electron chi connectivity index (χ3n) is 3.16. The van der Waals surface area contributed by atoms with Gasteiger partial charge in [-0.3, -0.25) is 0 Å². The van der Waals surface area contributed by atoms with Gasteiger partial charge in [0, 0.05) is 16.6 Å². The molecule has 0 aliphatic heterocycles. The number of ether oxygens (including phenoxy) is 1. The first kappa shape index (κ1) is 12.5. The lowest BCUT2D eigenvalue weighted by molar-refractivity contribution is 0.413. The van der Waals surface area contributed by atoms with Gasteiger partial charge in [0.1, 0.15) is 5.75 Å². The lowest BCUT2D eigenvalue weighted by Gasteiger charge is -2.12. The van der Waals surface area contributed by atoms with Gasteiger partial charge in [-0.15, -0.1) is 0 Å². The number of benzene rings is 1. The van der Waals surface area contributed by atoms with E-state index in [2.05, 4.69) is 6.08 Å². The van der Waals surface area contributed by atoms with Crippen molar-refractivity contribution in [2.45, 2.75) is 31.7 Å². The standard InChI is InChI=1S/C14H18ClNO/c1-17-14-7-6-11(15)9-13(14)10-4-2-3-5-12(16)8-10/h6-9,12H,2-5,16H2,1H3. The van der Waals surface area contributed by atoms with Gasteiger partial charge in [-0.05, 0) is 43.0 Å². The fourth-order valence-electron chi connectivity index (χ4n) is 2.28. The summed E-state index contributed by atoms with van der Waals surface area (Å²) in [5, 5.41) is 0.736. The summed E-state index contributed by atoms with van der Waals surface area (Å²) in [5.41, 5.74) is 8.38. The summed E-state index contributed by atoms with van der Waals surface area (Å²) in [6.45, 7) is 0. The van der Waals surface area contributed by atoms with Gasteiger partial charge in [0.05, 0.1) is 7.11 Å². The molecule has 0 saturated carbocycles. The molecule has 1 aromatic carbocycles. The molecular formula is C14H18ClNO. The van der Waals surface area contributed by atoms with Crippen molar-refractivity contribution in [1.82, 2.24) is 0 Å². The van der Waals surface area contributed by atoms with E-state index in [4.69, 9.17) is 22.1 Å². The van der Waals surface area contributed by atoms with Crippen molar-refractivity contribution >= 4 is 17.2 Å². The van der Waals surface area contributed by atoms with Gasteiger partial charge < -0.3 is 10.5 Å². The van der Waals surface area contributed by atoms with E-state index < -0.39 is 0 Å². The van der Waals surface area contributed by atoms with Gasteiger partial charge >= 0.3 is 0 Å². The van der Waals surface area contributed by atoms with Crippen molar-refractivity contribution in [3.63, 3.8) is 0 Å². The van der Waals surface area contributed by atoms with Crippen LogP contribution in [0.2, 0.25) is 5.02 Å². The molecule has 0 aromatic heterocycles. The third kappa shape index (κ3) is 3.02. The van der Waals surface area contributed by atoms with Crippen molar-refractivity contribution < 1.29 is 4.74 Å². The highest BCUT2D eigenvalue weighted by Crippen LogP contribution is 2.33. The maximum Gasteiger partial charge on any atom is 0.126 e. The van der Waals surface area contributed by atoms with Crippen LogP contribution in [0.4, 0.5) is 0 Å². The van der Waals surface area contributed by atoms with Crippen LogP contribution in [0.1, 0.15) is 31.2 Å². The Bertz CT molecular complexity index is 428. The number of halogens is 1. The maximum absolute atomic E-state index is 6.06. The van der Waals surface area contributed by atoms with Crippen LogP contribution in [0.25, 0.3) is 5.57 Å². The zero-order chi connectivity index (χ0) is 12.3. The summed E-state index contributed by atoms with van der Waals surface area (Å²) in [6, 6.07) is 5.87. The smallest absolute Gasteiger partial charge is 0.126 e. The summed E-state index contributed by atoms with van der Waals surface area (Å²) in [6.07, 6.45) is 6.62. The third-order valence-corrected chi connectivity index (χ3v) is 3.39. The van der Waals surface area contributed by atoms with E-state index in [0.717, 1.165) is 29.2 Å². The quantitative estimate of drug-likeness (QED) is 0.871. The second-order valence-electron chi connectivity index (χ2n) is 4.45. The van der Waals surface area contributed by atoms with E-state index in [-0.39, 0.29) is 6.04 Å². The Hall–Kier alpha value is -0.990. The molecule has 1 unspecified atom stereocenters. The zero-order valence-electron chi connectivity index (χ0n) is 10.1. The first-order chi connectivity index (χ1) is 8.20. The predicted molar refractivity (Wildman–Crippen MR) is 72.4 cm³/mol. The molecule has 0 spiro atoms. The number of rotatable bonds is 2. The molecule has 1 aliphatic carbocycles. The molecule has 0 fully saturated rings. The minimum atomic E-state index is 0.149. The van der Waals surface area contributed by atoms with Crippen molar-refractivity contribution in [2.24, 2.45) is 5.73 Å². The Morgan fingerprint density at radius 2 is 2.18 bits per heavy atom. The zero-order valence-corrected chi connectivity index (χ0v) is 10.8. The van der Waals surface area contributed by atoms with Crippen LogP contribution in [-0.2, 0) is 0 Å². The number of allylic oxidation sites excluding steroid dienone is 1. The number of nitrogens with two attached hydrogens (primary N) is 1. The van der Waals surface area contributed by atoms with Gasteiger partial charge in [-0.2, -0.15) is 0 Å². The summed E-state index contributed by atoms with van der Waals surface area (Å²) in [4.78, 5) is 0. The molecule has 2 rings (SSSR count). The molecule has 0 amide bonds. The minimum Gasteiger partial charge on any atom is -0.496 e. The lowest BCUT2D eigenvalue weighted by Crippen LogP contribution is -2.15. The van der Waals surface area contributed by atoms with Gasteiger partial charge in [0.25, 0.3) is 0 Å². The molecule has 1 aliphatic rings. The highest BCUT2D eigenvalue weighted by Gasteiger charge is 2.14. The average molecular weight is 252 g/mol. The molecular weight excluding hydrogens is 234 g/mol. The summed E-state index contributed by atoms with van der Waals surface area (Å²) >= 11 is 6.06. The molecule has 1 atom stereocenters. The molecule has 3 heteroatoms. The number of hydrogen-bond donors (Lipinski definition) is 1. The minimum absolute atomic E-state index is 0.149. The van der Waals surface area contributed by atoms with E-state index in [1.165, 1.54) is 18.4 Å². The highest BCUT2D eigenvalue weighted by molar-refractivity contribution is 6.30. The lowest BCUT2D eigenvalue weighted by atomic mass is 10.00. The van der Waals surface area contributed by atoms with Crippen LogP contribution in [0.15, 0.2) is 24.3 Å². The van der Waals surface area contributed by atoms with Crippen molar-refractivity contribution in [3.05, 3.63) is 34.9 Å². The first-order valence-electron chi connectivity index (χ1n) is 6.01. The van der Waals surface area contributed by atoms with Crippen molar-refractivity contribution in [1.29, 1.82) is 0 Å². The monoisotopic (exact) mass is 251 g/mol. The molecule has 0 heterocycles. The SMILES string of the molecule is COc1ccc(Cl)cc1C1=CC(N)CCCC1. The van der Waals surface area contributed by atoms with Crippen molar-refractivity contribution in [2.75, 3.05) is 7.11 Å². The van der Waals surface area contributed by atoms with Gasteiger partial charge in [-0.25, -0.2) is 0 Å². The Morgan fingerprint density at radius 3 is 2.94 bits per heavy atom. The summed E-state index contributed by atoms with van der Waals surface area (Å²) in [5.74, 6) is 0.870. The summed E-state index contributed by atoms with van der Waals surface area (Å²) < 4.78 is 5.39. The maximum atomic E-state index is 6.06. The second kappa shape index (κ2) is 5.56. The van der Waals surface area contributed by atoms with Crippen LogP contribution in [0.3, 0.4) is 0 Å². The van der Waals surface area contributed by atoms with Crippen LogP contribution < -0.4 is 10.5 Å². The van der Waals surface area contributed by atoms with E-state index in [1.807, 2.05) is 18.2 Å². The molecule has 0 radical (unpaired) electrons. The van der Waals surface area contributed by atoms with Crippen LogP contribution in [-0.4, -0.2) is 13.2 Å². The summed E-state index contributed by atoms with van der Waals surface area (Å²) in [7, 11) is 1.68. The van der Waals surface area contributed by atoms with Crippen LogP contribution in [0, 0.1) is 0 Å². The van der Waals surface area contributed by atoms with Crippen LogP contribution >= 0.6 is 11.6 Å². The number of hydrogen-bond acceptors (Lipinski definition) is 2. The predicted octanol–water partition coefficient (Wildman–Crippen LogP) is 3.63. The molecule has 17 heavy (non-hydrogen) atoms. The largest absolute Gasteiger partial charge is 0.496 e. The Morgan fingerprint density at radius 1 is 1.35 bits per heavy atom. The van der Waals surface area contributed by atoms with Crippen molar-refractivity contribution in [3.8, 4) is 5.75 Å². The first-order valence-corrected chi connectivity index (χ1v) is 6.38. The van der Waals surface area contributed by atoms with E-state index >= 15 is 0 Å². The van der Waals surface area contributed by atoms with E-state index in [0.29, 0.717) is 0 Å². The topological polar surface area (TPSA) is 35.2 Å². The van der Waals surface area contributed by atoms with Crippen LogP contribution in [0.5, 0.6) is 5.75 Å². The molecule has 0 saturated heterocycles. The Labute approximate surface area is 107 Å². The number of methoxy groups -OCH3 is 1. The molecule has 92 valence electrons. The fraction of sp³-hybridized carbons (Fsp3) is 0.429. The van der Waals surface area contributed by atoms with Gasteiger partial charge in [0.2, 0.25) is 0 Å². The Balaban J connectivity index is 2.40. The molecule has 2 nitrogen and oxygen atoms in total. The molecule has 2 N–H and O–H groups in total. The highest BCUT2D eigenvalue weighted by atomic mass is 35.5. The molecule has 0 bridgehead atoms.